The third kappa shape index (κ3) is 2.17. The van der Waals surface area contributed by atoms with Crippen LogP contribution in [0.4, 0.5) is 0 Å². The van der Waals surface area contributed by atoms with Gasteiger partial charge in [-0.15, -0.1) is 0 Å². The van der Waals surface area contributed by atoms with Crippen molar-refractivity contribution in [1.29, 1.82) is 0 Å². The molecule has 0 unspecified atom stereocenters. The molecule has 0 bridgehead atoms. The molecular weight excluding hydrogens is 267 g/mol. The number of nitrogens with zero attached hydrogens (tertiary/aromatic N) is 2. The van der Waals surface area contributed by atoms with E-state index in [-0.39, 0.29) is 5.28 Å². The zero-order valence-electron chi connectivity index (χ0n) is 9.27. The van der Waals surface area contributed by atoms with Gasteiger partial charge in [0.2, 0.25) is 5.28 Å². The van der Waals surface area contributed by atoms with Gasteiger partial charge in [0.25, 0.3) is 0 Å². The number of halogens is 2. The molecule has 3 aromatic rings. The number of fused-ring (bicyclic) bond motifs is 1. The molecule has 88 valence electrons. The van der Waals surface area contributed by atoms with Crippen LogP contribution in [0.25, 0.3) is 22.0 Å². The van der Waals surface area contributed by atoms with E-state index in [9.17, 15) is 0 Å². The summed E-state index contributed by atoms with van der Waals surface area (Å²) in [5, 5.41) is 2.84. The fourth-order valence-corrected chi connectivity index (χ4v) is 2.30. The summed E-state index contributed by atoms with van der Waals surface area (Å²) in [6.45, 7) is 0. The van der Waals surface area contributed by atoms with Gasteiger partial charge in [-0.3, -0.25) is 0 Å². The number of hydrogen-bond acceptors (Lipinski definition) is 2. The van der Waals surface area contributed by atoms with Crippen LogP contribution in [0.3, 0.4) is 0 Å². The Morgan fingerprint density at radius 1 is 0.778 bits per heavy atom. The second-order valence-corrected chi connectivity index (χ2v) is 4.63. The molecule has 2 nitrogen and oxygen atoms in total. The Morgan fingerprint density at radius 3 is 2.33 bits per heavy atom. The van der Waals surface area contributed by atoms with Crippen LogP contribution in [-0.4, -0.2) is 9.97 Å². The topological polar surface area (TPSA) is 25.8 Å². The molecule has 1 heterocycles. The molecule has 3 rings (SSSR count). The largest absolute Gasteiger partial charge is 0.224 e. The van der Waals surface area contributed by atoms with E-state index in [2.05, 4.69) is 34.2 Å². The smallest absolute Gasteiger partial charge is 0.218 e. The second kappa shape index (κ2) is 4.56. The summed E-state index contributed by atoms with van der Waals surface area (Å²) in [7, 11) is 0. The maximum Gasteiger partial charge on any atom is 0.224 e. The number of rotatable bonds is 1. The van der Waals surface area contributed by atoms with Crippen molar-refractivity contribution in [2.45, 2.75) is 0 Å². The summed E-state index contributed by atoms with van der Waals surface area (Å²) >= 11 is 11.7. The molecule has 0 aliphatic heterocycles. The normalized spacial score (nSPS) is 10.8. The molecule has 1 aromatic heterocycles. The Kier molecular flexibility index (Phi) is 2.90. The minimum Gasteiger partial charge on any atom is -0.218 e. The van der Waals surface area contributed by atoms with Gasteiger partial charge in [-0.25, -0.2) is 9.97 Å². The van der Waals surface area contributed by atoms with E-state index in [1.165, 1.54) is 5.39 Å². The summed E-state index contributed by atoms with van der Waals surface area (Å²) in [6.07, 6.45) is 0. The molecule has 0 saturated heterocycles. The van der Waals surface area contributed by atoms with Crippen molar-refractivity contribution in [3.63, 3.8) is 0 Å². The van der Waals surface area contributed by atoms with Gasteiger partial charge < -0.3 is 0 Å². The first-order valence-electron chi connectivity index (χ1n) is 5.42. The summed E-state index contributed by atoms with van der Waals surface area (Å²) in [4.78, 5) is 8.02. The minimum absolute atomic E-state index is 0.158. The van der Waals surface area contributed by atoms with Gasteiger partial charge in [-0.05, 0) is 28.4 Å². The third-order valence-electron chi connectivity index (χ3n) is 2.71. The Bertz CT molecular complexity index is 706. The standard InChI is InChI=1S/C14H8Cl2N2/c15-13-8-12(17-14(16)18-13)11-6-5-9-3-1-2-4-10(9)7-11/h1-8H. The van der Waals surface area contributed by atoms with Crippen molar-refractivity contribution in [1.82, 2.24) is 9.97 Å². The van der Waals surface area contributed by atoms with Crippen LogP contribution in [0.15, 0.2) is 48.5 Å². The molecule has 0 atom stereocenters. The van der Waals surface area contributed by atoms with E-state index in [1.807, 2.05) is 18.2 Å². The molecular formula is C14H8Cl2N2. The average Bonchev–Trinajstić information content (AvgIpc) is 2.37. The Labute approximate surface area is 114 Å². The van der Waals surface area contributed by atoms with Crippen molar-refractivity contribution in [3.8, 4) is 11.3 Å². The zero-order valence-corrected chi connectivity index (χ0v) is 10.8. The number of benzene rings is 2. The molecule has 18 heavy (non-hydrogen) atoms. The summed E-state index contributed by atoms with van der Waals surface area (Å²) in [5.74, 6) is 0. The van der Waals surface area contributed by atoms with Gasteiger partial charge in [-0.1, -0.05) is 48.0 Å². The van der Waals surface area contributed by atoms with Gasteiger partial charge in [-0.2, -0.15) is 0 Å². The molecule has 0 saturated carbocycles. The lowest BCUT2D eigenvalue weighted by atomic mass is 10.1. The highest BCUT2D eigenvalue weighted by Gasteiger charge is 2.05. The molecule has 0 fully saturated rings. The van der Waals surface area contributed by atoms with Crippen molar-refractivity contribution >= 4 is 34.0 Å². The average molecular weight is 275 g/mol. The first-order valence-corrected chi connectivity index (χ1v) is 6.17. The quantitative estimate of drug-likeness (QED) is 0.479. The van der Waals surface area contributed by atoms with Crippen LogP contribution in [0.1, 0.15) is 0 Å². The van der Waals surface area contributed by atoms with Gasteiger partial charge >= 0.3 is 0 Å². The second-order valence-electron chi connectivity index (χ2n) is 3.91. The van der Waals surface area contributed by atoms with Gasteiger partial charge in [0, 0.05) is 11.6 Å². The molecule has 0 radical (unpaired) electrons. The first kappa shape index (κ1) is 11.5. The predicted octanol–water partition coefficient (Wildman–Crippen LogP) is 4.60. The fraction of sp³-hybridized carbons (Fsp3) is 0. The molecule has 4 heteroatoms. The van der Waals surface area contributed by atoms with Crippen molar-refractivity contribution in [2.24, 2.45) is 0 Å². The van der Waals surface area contributed by atoms with E-state index in [0.29, 0.717) is 5.15 Å². The summed E-state index contributed by atoms with van der Waals surface area (Å²) in [6, 6.07) is 16.0. The lowest BCUT2D eigenvalue weighted by Gasteiger charge is -2.04. The van der Waals surface area contributed by atoms with E-state index >= 15 is 0 Å². The van der Waals surface area contributed by atoms with Crippen LogP contribution >= 0.6 is 23.2 Å². The van der Waals surface area contributed by atoms with E-state index in [1.54, 1.807) is 6.07 Å². The highest BCUT2D eigenvalue weighted by Crippen LogP contribution is 2.25. The molecule has 2 aromatic carbocycles. The Hall–Kier alpha value is -1.64. The van der Waals surface area contributed by atoms with Crippen LogP contribution in [0, 0.1) is 0 Å². The monoisotopic (exact) mass is 274 g/mol. The molecule has 0 aliphatic rings. The summed E-state index contributed by atoms with van der Waals surface area (Å²) in [5.41, 5.74) is 1.70. The molecule has 0 amide bonds. The predicted molar refractivity (Wildman–Crippen MR) is 75.0 cm³/mol. The van der Waals surface area contributed by atoms with Crippen LogP contribution in [0.5, 0.6) is 0 Å². The third-order valence-corrected chi connectivity index (χ3v) is 3.08. The maximum absolute atomic E-state index is 5.88. The van der Waals surface area contributed by atoms with E-state index in [4.69, 9.17) is 23.2 Å². The SMILES string of the molecule is Clc1cc(-c2ccc3ccccc3c2)nc(Cl)n1. The van der Waals surface area contributed by atoms with Gasteiger partial charge in [0.1, 0.15) is 5.15 Å². The molecule has 0 aliphatic carbocycles. The molecule has 0 N–H and O–H groups in total. The van der Waals surface area contributed by atoms with Crippen molar-refractivity contribution < 1.29 is 0 Å². The van der Waals surface area contributed by atoms with Crippen LogP contribution in [-0.2, 0) is 0 Å². The molecule has 0 spiro atoms. The lowest BCUT2D eigenvalue weighted by Crippen LogP contribution is -1.88. The number of hydrogen-bond donors (Lipinski definition) is 0. The van der Waals surface area contributed by atoms with Crippen LogP contribution in [0.2, 0.25) is 10.4 Å². The first-order chi connectivity index (χ1) is 8.72. The van der Waals surface area contributed by atoms with E-state index < -0.39 is 0 Å². The highest BCUT2D eigenvalue weighted by atomic mass is 35.5. The number of aromatic nitrogens is 2. The Morgan fingerprint density at radius 2 is 1.56 bits per heavy atom. The minimum atomic E-state index is 0.158. The summed E-state index contributed by atoms with van der Waals surface area (Å²) < 4.78 is 0. The lowest BCUT2D eigenvalue weighted by molar-refractivity contribution is 1.17. The van der Waals surface area contributed by atoms with Gasteiger partial charge in [0.15, 0.2) is 0 Å². The van der Waals surface area contributed by atoms with E-state index in [0.717, 1.165) is 16.6 Å². The van der Waals surface area contributed by atoms with Crippen LogP contribution < -0.4 is 0 Å². The maximum atomic E-state index is 5.88. The Balaban J connectivity index is 2.19. The fourth-order valence-electron chi connectivity index (χ4n) is 1.89. The highest BCUT2D eigenvalue weighted by molar-refractivity contribution is 6.32. The van der Waals surface area contributed by atoms with Crippen molar-refractivity contribution in [3.05, 3.63) is 59.0 Å². The van der Waals surface area contributed by atoms with Crippen molar-refractivity contribution in [2.75, 3.05) is 0 Å². The van der Waals surface area contributed by atoms with Gasteiger partial charge in [0.05, 0.1) is 5.69 Å². The zero-order chi connectivity index (χ0) is 12.5.